The number of aliphatic hydroxyl groups excluding tert-OH is 2. The number of aliphatic hydroxyl groups is 2. The maximum Gasteiger partial charge on any atom is 0.0555 e. The van der Waals surface area contributed by atoms with Crippen molar-refractivity contribution in [3.63, 3.8) is 0 Å². The Hall–Kier alpha value is 0.320. The minimum absolute atomic E-state index is 0. The van der Waals surface area contributed by atoms with Gasteiger partial charge < -0.3 is 20.8 Å². The lowest BCUT2D eigenvalue weighted by atomic mass is 10.4. The third kappa shape index (κ3) is 12.9. The monoisotopic (exact) mass is 242 g/mol. The summed E-state index contributed by atoms with van der Waals surface area (Å²) in [6, 6.07) is 0. The molecule has 0 amide bonds. The maximum atomic E-state index is 8.40. The highest BCUT2D eigenvalue weighted by Crippen LogP contribution is 1.71. The molecule has 0 aromatic rings. The van der Waals surface area contributed by atoms with E-state index in [1.165, 1.54) is 0 Å². The molecule has 0 heterocycles. The summed E-state index contributed by atoms with van der Waals surface area (Å²) < 4.78 is 0. The summed E-state index contributed by atoms with van der Waals surface area (Å²) >= 11 is 0. The van der Waals surface area contributed by atoms with Crippen LogP contribution in [0.1, 0.15) is 6.42 Å². The van der Waals surface area contributed by atoms with E-state index in [-0.39, 0.29) is 30.2 Å². The second kappa shape index (κ2) is 13.9. The third-order valence-electron chi connectivity index (χ3n) is 1.28. The van der Waals surface area contributed by atoms with Crippen molar-refractivity contribution in [2.24, 2.45) is 0 Å². The Labute approximate surface area is 84.1 Å². The lowest BCUT2D eigenvalue weighted by Gasteiger charge is -2.03. The molecule has 0 aliphatic carbocycles. The first-order valence-corrected chi connectivity index (χ1v) is 4.05. The number of rotatable bonds is 8. The molecular weight excluding hydrogens is 224 g/mol. The second-order valence-corrected chi connectivity index (χ2v) is 2.30. The van der Waals surface area contributed by atoms with E-state index >= 15 is 0 Å². The maximum absolute atomic E-state index is 8.40. The minimum Gasteiger partial charge on any atom is -0.395 e. The smallest absolute Gasteiger partial charge is 0.0555 e. The first-order chi connectivity index (χ1) is 5.41. The highest BCUT2D eigenvalue weighted by Gasteiger charge is 1.86. The van der Waals surface area contributed by atoms with Crippen molar-refractivity contribution < 1.29 is 10.2 Å². The minimum atomic E-state index is 0. The van der Waals surface area contributed by atoms with Crippen molar-refractivity contribution in [2.45, 2.75) is 6.42 Å². The SMILES string of the molecule is Br.OCCNCCCNCCO. The van der Waals surface area contributed by atoms with Crippen LogP contribution in [0.2, 0.25) is 0 Å². The van der Waals surface area contributed by atoms with E-state index in [0.29, 0.717) is 13.1 Å². The molecule has 0 aliphatic heterocycles. The van der Waals surface area contributed by atoms with Gasteiger partial charge in [0.05, 0.1) is 13.2 Å². The van der Waals surface area contributed by atoms with Gasteiger partial charge >= 0.3 is 0 Å². The van der Waals surface area contributed by atoms with Gasteiger partial charge in [0.1, 0.15) is 0 Å². The number of halogens is 1. The van der Waals surface area contributed by atoms with Crippen LogP contribution >= 0.6 is 17.0 Å². The Balaban J connectivity index is 0. The van der Waals surface area contributed by atoms with Crippen molar-refractivity contribution in [1.82, 2.24) is 10.6 Å². The van der Waals surface area contributed by atoms with Crippen LogP contribution in [0.5, 0.6) is 0 Å². The summed E-state index contributed by atoms with van der Waals surface area (Å²) in [5.74, 6) is 0. The van der Waals surface area contributed by atoms with Crippen molar-refractivity contribution in [3.05, 3.63) is 0 Å². The summed E-state index contributed by atoms with van der Waals surface area (Å²) in [5, 5.41) is 22.9. The fraction of sp³-hybridized carbons (Fsp3) is 1.00. The fourth-order valence-electron chi connectivity index (χ4n) is 0.747. The van der Waals surface area contributed by atoms with Gasteiger partial charge in [0.2, 0.25) is 0 Å². The lowest BCUT2D eigenvalue weighted by Crippen LogP contribution is -2.25. The molecule has 4 N–H and O–H groups in total. The molecule has 4 nitrogen and oxygen atoms in total. The Morgan fingerprint density at radius 3 is 1.50 bits per heavy atom. The molecule has 0 radical (unpaired) electrons. The Bertz CT molecular complexity index is 68.4. The summed E-state index contributed by atoms with van der Waals surface area (Å²) in [6.07, 6.45) is 1.03. The lowest BCUT2D eigenvalue weighted by molar-refractivity contribution is 0.288. The van der Waals surface area contributed by atoms with E-state index < -0.39 is 0 Å². The average Bonchev–Trinajstić information content (AvgIpc) is 2.03. The van der Waals surface area contributed by atoms with Gasteiger partial charge in [-0.05, 0) is 19.5 Å². The molecule has 0 bridgehead atoms. The van der Waals surface area contributed by atoms with Gasteiger partial charge in [-0.1, -0.05) is 0 Å². The quantitative estimate of drug-likeness (QED) is 0.418. The third-order valence-corrected chi connectivity index (χ3v) is 1.28. The Morgan fingerprint density at radius 1 is 0.750 bits per heavy atom. The van der Waals surface area contributed by atoms with Gasteiger partial charge in [-0.15, -0.1) is 17.0 Å². The van der Waals surface area contributed by atoms with Gasteiger partial charge in [-0.2, -0.15) is 0 Å². The summed E-state index contributed by atoms with van der Waals surface area (Å²) in [6.45, 7) is 3.56. The first-order valence-electron chi connectivity index (χ1n) is 4.05. The summed E-state index contributed by atoms with van der Waals surface area (Å²) in [5.41, 5.74) is 0. The van der Waals surface area contributed by atoms with E-state index in [0.717, 1.165) is 19.5 Å². The number of hydrogen-bond donors (Lipinski definition) is 4. The molecule has 0 spiro atoms. The zero-order valence-electron chi connectivity index (χ0n) is 7.25. The van der Waals surface area contributed by atoms with Crippen molar-refractivity contribution in [1.29, 1.82) is 0 Å². The van der Waals surface area contributed by atoms with Crippen LogP contribution in [0.15, 0.2) is 0 Å². The summed E-state index contributed by atoms with van der Waals surface area (Å²) in [7, 11) is 0. The molecule has 0 aliphatic rings. The molecule has 5 heteroatoms. The van der Waals surface area contributed by atoms with Crippen LogP contribution in [0.4, 0.5) is 0 Å². The number of nitrogens with one attached hydrogen (secondary N) is 2. The van der Waals surface area contributed by atoms with Crippen LogP contribution in [-0.2, 0) is 0 Å². The van der Waals surface area contributed by atoms with Crippen molar-refractivity contribution in [2.75, 3.05) is 39.4 Å². The molecule has 0 saturated carbocycles. The first kappa shape index (κ1) is 14.8. The molecule has 0 rings (SSSR count). The zero-order valence-corrected chi connectivity index (χ0v) is 8.97. The van der Waals surface area contributed by atoms with E-state index in [4.69, 9.17) is 10.2 Å². The topological polar surface area (TPSA) is 64.5 Å². The normalized spacial score (nSPS) is 9.50. The molecule has 0 aromatic carbocycles. The number of hydrogen-bond acceptors (Lipinski definition) is 4. The van der Waals surface area contributed by atoms with Gasteiger partial charge in [-0.25, -0.2) is 0 Å². The van der Waals surface area contributed by atoms with Gasteiger partial charge in [-0.3, -0.25) is 0 Å². The molecule has 0 saturated heterocycles. The van der Waals surface area contributed by atoms with Gasteiger partial charge in [0, 0.05) is 13.1 Å². The van der Waals surface area contributed by atoms with Crippen LogP contribution in [0.25, 0.3) is 0 Å². The Kier molecular flexibility index (Phi) is 17.1. The highest BCUT2D eigenvalue weighted by molar-refractivity contribution is 8.93. The zero-order chi connectivity index (χ0) is 8.36. The standard InChI is InChI=1S/C7H18N2O2.BrH/c10-6-4-8-2-1-3-9-5-7-11;/h8-11H,1-7H2;1H. The summed E-state index contributed by atoms with van der Waals surface area (Å²) in [4.78, 5) is 0. The predicted molar refractivity (Wildman–Crippen MR) is 54.9 cm³/mol. The van der Waals surface area contributed by atoms with E-state index in [9.17, 15) is 0 Å². The molecule has 0 atom stereocenters. The fourth-order valence-corrected chi connectivity index (χ4v) is 0.747. The molecule has 12 heavy (non-hydrogen) atoms. The van der Waals surface area contributed by atoms with E-state index in [1.54, 1.807) is 0 Å². The average molecular weight is 243 g/mol. The molecule has 0 aromatic heterocycles. The van der Waals surface area contributed by atoms with Crippen LogP contribution in [0.3, 0.4) is 0 Å². The van der Waals surface area contributed by atoms with Crippen molar-refractivity contribution in [3.8, 4) is 0 Å². The molecule has 76 valence electrons. The molecular formula is C7H19BrN2O2. The van der Waals surface area contributed by atoms with E-state index in [2.05, 4.69) is 10.6 Å². The Morgan fingerprint density at radius 2 is 1.17 bits per heavy atom. The van der Waals surface area contributed by atoms with Crippen LogP contribution in [-0.4, -0.2) is 49.6 Å². The van der Waals surface area contributed by atoms with Gasteiger partial charge in [0.15, 0.2) is 0 Å². The van der Waals surface area contributed by atoms with Crippen LogP contribution < -0.4 is 10.6 Å². The molecule has 0 fully saturated rings. The van der Waals surface area contributed by atoms with Gasteiger partial charge in [0.25, 0.3) is 0 Å². The largest absolute Gasteiger partial charge is 0.395 e. The van der Waals surface area contributed by atoms with E-state index in [1.807, 2.05) is 0 Å². The predicted octanol–water partition coefficient (Wildman–Crippen LogP) is -0.882. The highest BCUT2D eigenvalue weighted by atomic mass is 79.9. The van der Waals surface area contributed by atoms with Crippen molar-refractivity contribution >= 4 is 17.0 Å². The molecule has 0 unspecified atom stereocenters. The second-order valence-electron chi connectivity index (χ2n) is 2.30. The van der Waals surface area contributed by atoms with Crippen LogP contribution in [0, 0.1) is 0 Å².